The van der Waals surface area contributed by atoms with Crippen molar-refractivity contribution in [2.24, 2.45) is 0 Å². The summed E-state index contributed by atoms with van der Waals surface area (Å²) in [7, 11) is 0. The lowest BCUT2D eigenvalue weighted by Crippen LogP contribution is -2.31. The standard InChI is InChI=1S/C13H17NO3/c15-13-4-2-1-3-10(13)5-14(6-11-8-16-11)7-12-9-17-12/h1-4,11-12,15H,5-9H2. The second-order valence-electron chi connectivity index (χ2n) is 4.73. The van der Waals surface area contributed by atoms with Crippen molar-refractivity contribution in [1.29, 1.82) is 0 Å². The lowest BCUT2D eigenvalue weighted by Gasteiger charge is -2.20. The smallest absolute Gasteiger partial charge is 0.120 e. The van der Waals surface area contributed by atoms with Crippen LogP contribution in [-0.2, 0) is 16.0 Å². The lowest BCUT2D eigenvalue weighted by molar-refractivity contribution is 0.211. The number of hydrogen-bond acceptors (Lipinski definition) is 4. The molecule has 0 amide bonds. The Balaban J connectivity index is 1.63. The number of phenolic OH excluding ortho intramolecular Hbond substituents is 1. The van der Waals surface area contributed by atoms with Crippen LogP contribution < -0.4 is 0 Å². The molecule has 0 bridgehead atoms. The van der Waals surface area contributed by atoms with Gasteiger partial charge in [0.2, 0.25) is 0 Å². The third-order valence-electron chi connectivity index (χ3n) is 3.11. The first-order chi connectivity index (χ1) is 8.31. The van der Waals surface area contributed by atoms with E-state index >= 15 is 0 Å². The lowest BCUT2D eigenvalue weighted by atomic mass is 10.2. The summed E-state index contributed by atoms with van der Waals surface area (Å²) in [6.45, 7) is 4.33. The van der Waals surface area contributed by atoms with Gasteiger partial charge in [-0.05, 0) is 6.07 Å². The molecule has 3 rings (SSSR count). The van der Waals surface area contributed by atoms with Crippen molar-refractivity contribution in [3.8, 4) is 5.75 Å². The first-order valence-corrected chi connectivity index (χ1v) is 6.03. The minimum Gasteiger partial charge on any atom is -0.508 e. The summed E-state index contributed by atoms with van der Waals surface area (Å²) >= 11 is 0. The van der Waals surface area contributed by atoms with Gasteiger partial charge in [0, 0.05) is 25.2 Å². The minimum atomic E-state index is 0.367. The summed E-state index contributed by atoms with van der Waals surface area (Å²) in [5.74, 6) is 0.367. The van der Waals surface area contributed by atoms with E-state index in [4.69, 9.17) is 9.47 Å². The quantitative estimate of drug-likeness (QED) is 0.747. The van der Waals surface area contributed by atoms with Crippen LogP contribution in [0.3, 0.4) is 0 Å². The van der Waals surface area contributed by atoms with Crippen molar-refractivity contribution in [2.75, 3.05) is 26.3 Å². The number of benzene rings is 1. The van der Waals surface area contributed by atoms with E-state index in [-0.39, 0.29) is 0 Å². The van der Waals surface area contributed by atoms with Gasteiger partial charge in [0.05, 0.1) is 25.4 Å². The topological polar surface area (TPSA) is 48.5 Å². The van der Waals surface area contributed by atoms with Crippen LogP contribution in [0.25, 0.3) is 0 Å². The molecule has 2 saturated heterocycles. The van der Waals surface area contributed by atoms with Gasteiger partial charge in [0.15, 0.2) is 0 Å². The molecule has 2 aliphatic rings. The van der Waals surface area contributed by atoms with Gasteiger partial charge in [0.1, 0.15) is 5.75 Å². The summed E-state index contributed by atoms with van der Waals surface area (Å²) in [6, 6.07) is 7.49. The maximum Gasteiger partial charge on any atom is 0.120 e. The molecule has 92 valence electrons. The number of ether oxygens (including phenoxy) is 2. The van der Waals surface area contributed by atoms with Crippen LogP contribution in [0.15, 0.2) is 24.3 Å². The molecule has 2 fully saturated rings. The van der Waals surface area contributed by atoms with Crippen LogP contribution in [0.2, 0.25) is 0 Å². The van der Waals surface area contributed by atoms with Crippen LogP contribution in [0.5, 0.6) is 5.75 Å². The van der Waals surface area contributed by atoms with E-state index in [2.05, 4.69) is 4.90 Å². The van der Waals surface area contributed by atoms with Crippen molar-refractivity contribution in [3.63, 3.8) is 0 Å². The monoisotopic (exact) mass is 235 g/mol. The number of phenols is 1. The Labute approximate surface area is 101 Å². The number of rotatable bonds is 6. The van der Waals surface area contributed by atoms with Crippen molar-refractivity contribution >= 4 is 0 Å². The van der Waals surface area contributed by atoms with Crippen LogP contribution in [-0.4, -0.2) is 48.5 Å². The minimum absolute atomic E-state index is 0.367. The zero-order valence-corrected chi connectivity index (χ0v) is 9.71. The fourth-order valence-electron chi connectivity index (χ4n) is 2.01. The largest absolute Gasteiger partial charge is 0.508 e. The summed E-state index contributed by atoms with van der Waals surface area (Å²) in [6.07, 6.45) is 0.749. The highest BCUT2D eigenvalue weighted by Crippen LogP contribution is 2.21. The summed E-state index contributed by atoms with van der Waals surface area (Å²) in [5.41, 5.74) is 0.966. The normalized spacial score (nSPS) is 26.2. The first kappa shape index (κ1) is 11.0. The number of nitrogens with zero attached hydrogens (tertiary/aromatic N) is 1. The van der Waals surface area contributed by atoms with Gasteiger partial charge in [-0.1, -0.05) is 18.2 Å². The zero-order valence-electron chi connectivity index (χ0n) is 9.71. The molecule has 2 heterocycles. The predicted molar refractivity (Wildman–Crippen MR) is 62.9 cm³/mol. The highest BCUT2D eigenvalue weighted by Gasteiger charge is 2.30. The van der Waals surface area contributed by atoms with Gasteiger partial charge < -0.3 is 14.6 Å². The van der Waals surface area contributed by atoms with Gasteiger partial charge in [-0.15, -0.1) is 0 Å². The Hall–Kier alpha value is -1.10. The fourth-order valence-corrected chi connectivity index (χ4v) is 2.01. The van der Waals surface area contributed by atoms with E-state index in [0.717, 1.165) is 38.4 Å². The Morgan fingerprint density at radius 2 is 1.71 bits per heavy atom. The second kappa shape index (κ2) is 4.64. The summed E-state index contributed by atoms with van der Waals surface area (Å²) in [4.78, 5) is 2.30. The molecule has 0 spiro atoms. The molecule has 2 unspecified atom stereocenters. The molecule has 2 aliphatic heterocycles. The highest BCUT2D eigenvalue weighted by atomic mass is 16.6. The fraction of sp³-hybridized carbons (Fsp3) is 0.538. The van der Waals surface area contributed by atoms with Gasteiger partial charge in [-0.2, -0.15) is 0 Å². The van der Waals surface area contributed by atoms with E-state index in [1.807, 2.05) is 18.2 Å². The molecule has 4 nitrogen and oxygen atoms in total. The van der Waals surface area contributed by atoms with Crippen molar-refractivity contribution in [2.45, 2.75) is 18.8 Å². The third kappa shape index (κ3) is 3.19. The molecule has 2 atom stereocenters. The zero-order chi connectivity index (χ0) is 11.7. The van der Waals surface area contributed by atoms with Crippen LogP contribution in [0.4, 0.5) is 0 Å². The van der Waals surface area contributed by atoms with E-state index in [9.17, 15) is 5.11 Å². The van der Waals surface area contributed by atoms with Crippen molar-refractivity contribution in [1.82, 2.24) is 4.90 Å². The van der Waals surface area contributed by atoms with E-state index in [1.165, 1.54) is 0 Å². The Kier molecular flexibility index (Phi) is 3.01. The van der Waals surface area contributed by atoms with E-state index in [1.54, 1.807) is 6.07 Å². The molecule has 0 saturated carbocycles. The predicted octanol–water partition coefficient (Wildman–Crippen LogP) is 0.992. The van der Waals surface area contributed by atoms with E-state index < -0.39 is 0 Å². The molecule has 1 aromatic rings. The van der Waals surface area contributed by atoms with Gasteiger partial charge >= 0.3 is 0 Å². The van der Waals surface area contributed by atoms with Gasteiger partial charge in [-0.3, -0.25) is 4.90 Å². The van der Waals surface area contributed by atoms with Crippen molar-refractivity contribution in [3.05, 3.63) is 29.8 Å². The second-order valence-corrected chi connectivity index (χ2v) is 4.73. The van der Waals surface area contributed by atoms with Crippen LogP contribution >= 0.6 is 0 Å². The molecule has 4 heteroatoms. The first-order valence-electron chi connectivity index (χ1n) is 6.03. The highest BCUT2D eigenvalue weighted by molar-refractivity contribution is 5.31. The Morgan fingerprint density at radius 3 is 2.24 bits per heavy atom. The number of hydrogen-bond donors (Lipinski definition) is 1. The molecule has 17 heavy (non-hydrogen) atoms. The summed E-state index contributed by atoms with van der Waals surface area (Å²) in [5, 5.41) is 9.77. The molecule has 1 aromatic carbocycles. The molecular weight excluding hydrogens is 218 g/mol. The molecule has 0 aromatic heterocycles. The third-order valence-corrected chi connectivity index (χ3v) is 3.11. The maximum absolute atomic E-state index is 9.77. The van der Waals surface area contributed by atoms with Gasteiger partial charge in [0.25, 0.3) is 0 Å². The molecule has 0 radical (unpaired) electrons. The Bertz CT molecular complexity index is 374. The number of aromatic hydroxyl groups is 1. The van der Waals surface area contributed by atoms with Crippen molar-refractivity contribution < 1.29 is 14.6 Å². The maximum atomic E-state index is 9.77. The van der Waals surface area contributed by atoms with Crippen LogP contribution in [0.1, 0.15) is 5.56 Å². The number of epoxide rings is 2. The average molecular weight is 235 g/mol. The summed E-state index contributed by atoms with van der Waals surface area (Å²) < 4.78 is 10.5. The SMILES string of the molecule is Oc1ccccc1CN(CC1CO1)CC1CO1. The van der Waals surface area contributed by atoms with Crippen LogP contribution in [0, 0.1) is 0 Å². The number of para-hydroxylation sites is 1. The Morgan fingerprint density at radius 1 is 1.12 bits per heavy atom. The van der Waals surface area contributed by atoms with E-state index in [0.29, 0.717) is 18.0 Å². The molecule has 1 N–H and O–H groups in total. The van der Waals surface area contributed by atoms with Gasteiger partial charge in [-0.25, -0.2) is 0 Å². The average Bonchev–Trinajstić information content (AvgIpc) is 3.17. The molecule has 0 aliphatic carbocycles. The molecular formula is C13H17NO3.